The van der Waals surface area contributed by atoms with Gasteiger partial charge in [0, 0.05) is 10.5 Å². The molecule has 0 aliphatic rings. The van der Waals surface area contributed by atoms with E-state index < -0.39 is 11.7 Å². The Balaban J connectivity index is 2.22. The lowest BCUT2D eigenvalue weighted by Gasteiger charge is -2.03. The number of carbonyl (C=O) groups excluding carboxylic acids is 1. The third kappa shape index (κ3) is 2.71. The zero-order chi connectivity index (χ0) is 12.4. The molecule has 0 aliphatic heterocycles. The van der Waals surface area contributed by atoms with Gasteiger partial charge >= 0.3 is 0 Å². The highest BCUT2D eigenvalue weighted by molar-refractivity contribution is 9.10. The number of aryl methyl sites for hydroxylation is 1. The SMILES string of the molecule is Cc1cc(NC(=O)c2cc(F)ccc2Br)no1. The third-order valence-electron chi connectivity index (χ3n) is 2.04. The number of aromatic nitrogens is 1. The first kappa shape index (κ1) is 11.8. The second kappa shape index (κ2) is 4.67. The van der Waals surface area contributed by atoms with Crippen molar-refractivity contribution in [2.45, 2.75) is 6.92 Å². The van der Waals surface area contributed by atoms with Gasteiger partial charge in [-0.15, -0.1) is 0 Å². The van der Waals surface area contributed by atoms with E-state index in [1.54, 1.807) is 13.0 Å². The number of halogens is 2. The lowest BCUT2D eigenvalue weighted by Crippen LogP contribution is -2.13. The lowest BCUT2D eigenvalue weighted by atomic mass is 10.2. The van der Waals surface area contributed by atoms with Crippen molar-refractivity contribution in [3.05, 3.63) is 45.9 Å². The van der Waals surface area contributed by atoms with E-state index in [9.17, 15) is 9.18 Å². The minimum Gasteiger partial charge on any atom is -0.360 e. The summed E-state index contributed by atoms with van der Waals surface area (Å²) in [5.41, 5.74) is 0.200. The summed E-state index contributed by atoms with van der Waals surface area (Å²) in [5.74, 6) is -0.0540. The number of amides is 1. The number of hydrogen-bond donors (Lipinski definition) is 1. The Kier molecular flexibility index (Phi) is 3.23. The Morgan fingerprint density at radius 2 is 2.24 bits per heavy atom. The molecule has 2 aromatic rings. The summed E-state index contributed by atoms with van der Waals surface area (Å²) >= 11 is 3.18. The maximum Gasteiger partial charge on any atom is 0.258 e. The number of anilines is 1. The summed E-state index contributed by atoms with van der Waals surface area (Å²) in [4.78, 5) is 11.8. The molecule has 0 saturated carbocycles. The summed E-state index contributed by atoms with van der Waals surface area (Å²) in [7, 11) is 0. The lowest BCUT2D eigenvalue weighted by molar-refractivity contribution is 0.102. The van der Waals surface area contributed by atoms with Gasteiger partial charge in [-0.25, -0.2) is 4.39 Å². The molecule has 0 atom stereocenters. The Morgan fingerprint density at radius 1 is 1.47 bits per heavy atom. The molecule has 4 nitrogen and oxygen atoms in total. The molecule has 0 spiro atoms. The normalized spacial score (nSPS) is 10.3. The average molecular weight is 299 g/mol. The first-order chi connectivity index (χ1) is 8.06. The predicted octanol–water partition coefficient (Wildman–Crippen LogP) is 3.14. The topological polar surface area (TPSA) is 55.1 Å². The van der Waals surface area contributed by atoms with E-state index in [1.807, 2.05) is 0 Å². The molecule has 17 heavy (non-hydrogen) atoms. The average Bonchev–Trinajstić information content (AvgIpc) is 2.67. The minimum absolute atomic E-state index is 0.200. The van der Waals surface area contributed by atoms with Crippen molar-refractivity contribution in [2.75, 3.05) is 5.32 Å². The maximum atomic E-state index is 13.0. The molecule has 0 radical (unpaired) electrons. The first-order valence-corrected chi connectivity index (χ1v) is 5.55. The molecule has 0 saturated heterocycles. The molecule has 2 rings (SSSR count). The van der Waals surface area contributed by atoms with Crippen LogP contribution in [0.3, 0.4) is 0 Å². The number of nitrogens with zero attached hydrogens (tertiary/aromatic N) is 1. The van der Waals surface area contributed by atoms with E-state index >= 15 is 0 Å². The van der Waals surface area contributed by atoms with E-state index in [1.165, 1.54) is 12.1 Å². The standard InChI is InChI=1S/C11H8BrFN2O2/c1-6-4-10(15-17-6)14-11(16)8-5-7(13)2-3-9(8)12/h2-5H,1H3,(H,14,15,16). The van der Waals surface area contributed by atoms with Crippen molar-refractivity contribution < 1.29 is 13.7 Å². The summed E-state index contributed by atoms with van der Waals surface area (Å²) in [6.07, 6.45) is 0. The van der Waals surface area contributed by atoms with Gasteiger partial charge in [-0.1, -0.05) is 5.16 Å². The number of carbonyl (C=O) groups is 1. The molecular formula is C11H8BrFN2O2. The van der Waals surface area contributed by atoms with Crippen LogP contribution in [-0.4, -0.2) is 11.1 Å². The molecule has 1 amide bonds. The van der Waals surface area contributed by atoms with Crippen LogP contribution in [0, 0.1) is 12.7 Å². The third-order valence-corrected chi connectivity index (χ3v) is 2.73. The quantitative estimate of drug-likeness (QED) is 0.927. The number of rotatable bonds is 2. The fraction of sp³-hybridized carbons (Fsp3) is 0.0909. The molecule has 1 N–H and O–H groups in total. The van der Waals surface area contributed by atoms with Crippen molar-refractivity contribution in [1.29, 1.82) is 0 Å². The molecule has 0 unspecified atom stereocenters. The smallest absolute Gasteiger partial charge is 0.258 e. The van der Waals surface area contributed by atoms with Crippen molar-refractivity contribution in [3.63, 3.8) is 0 Å². The molecule has 1 heterocycles. The van der Waals surface area contributed by atoms with Gasteiger partial charge in [0.15, 0.2) is 5.82 Å². The monoisotopic (exact) mass is 298 g/mol. The fourth-order valence-corrected chi connectivity index (χ4v) is 1.71. The van der Waals surface area contributed by atoms with Crippen LogP contribution in [0.15, 0.2) is 33.3 Å². The summed E-state index contributed by atoms with van der Waals surface area (Å²) < 4.78 is 18.3. The number of nitrogens with one attached hydrogen (secondary N) is 1. The molecular weight excluding hydrogens is 291 g/mol. The second-order valence-electron chi connectivity index (χ2n) is 3.40. The molecule has 88 valence electrons. The molecule has 1 aromatic carbocycles. The van der Waals surface area contributed by atoms with Crippen molar-refractivity contribution in [2.24, 2.45) is 0 Å². The highest BCUT2D eigenvalue weighted by Crippen LogP contribution is 2.19. The Hall–Kier alpha value is -1.69. The van der Waals surface area contributed by atoms with Gasteiger partial charge in [0.2, 0.25) is 0 Å². The van der Waals surface area contributed by atoms with Gasteiger partial charge < -0.3 is 9.84 Å². The first-order valence-electron chi connectivity index (χ1n) is 4.76. The summed E-state index contributed by atoms with van der Waals surface area (Å²) in [6.45, 7) is 1.71. The largest absolute Gasteiger partial charge is 0.360 e. The Morgan fingerprint density at radius 3 is 2.88 bits per heavy atom. The molecule has 0 fully saturated rings. The van der Waals surface area contributed by atoms with Gasteiger partial charge in [0.05, 0.1) is 5.56 Å². The van der Waals surface area contributed by atoms with Crippen molar-refractivity contribution in [3.8, 4) is 0 Å². The van der Waals surface area contributed by atoms with Gasteiger partial charge in [-0.2, -0.15) is 0 Å². The summed E-state index contributed by atoms with van der Waals surface area (Å²) in [5, 5.41) is 6.12. The highest BCUT2D eigenvalue weighted by Gasteiger charge is 2.13. The van der Waals surface area contributed by atoms with Crippen LogP contribution in [0.4, 0.5) is 10.2 Å². The maximum absolute atomic E-state index is 13.0. The number of benzene rings is 1. The zero-order valence-corrected chi connectivity index (χ0v) is 10.4. The van der Waals surface area contributed by atoms with Crippen LogP contribution in [0.1, 0.15) is 16.1 Å². The molecule has 0 bridgehead atoms. The van der Waals surface area contributed by atoms with E-state index in [4.69, 9.17) is 4.52 Å². The van der Waals surface area contributed by atoms with Crippen LogP contribution in [0.25, 0.3) is 0 Å². The van der Waals surface area contributed by atoms with Gasteiger partial charge in [0.1, 0.15) is 11.6 Å². The van der Waals surface area contributed by atoms with Crippen LogP contribution < -0.4 is 5.32 Å². The van der Waals surface area contributed by atoms with Crippen molar-refractivity contribution in [1.82, 2.24) is 5.16 Å². The van der Waals surface area contributed by atoms with E-state index in [0.717, 1.165) is 6.07 Å². The van der Waals surface area contributed by atoms with Gasteiger partial charge in [-0.05, 0) is 41.1 Å². The van der Waals surface area contributed by atoms with Crippen LogP contribution >= 0.6 is 15.9 Å². The number of hydrogen-bond acceptors (Lipinski definition) is 3. The fourth-order valence-electron chi connectivity index (χ4n) is 1.28. The molecule has 6 heteroatoms. The van der Waals surface area contributed by atoms with Gasteiger partial charge in [0.25, 0.3) is 5.91 Å². The van der Waals surface area contributed by atoms with Crippen LogP contribution in [0.2, 0.25) is 0 Å². The zero-order valence-electron chi connectivity index (χ0n) is 8.83. The van der Waals surface area contributed by atoms with Crippen molar-refractivity contribution >= 4 is 27.7 Å². The Bertz CT molecular complexity index is 568. The predicted molar refractivity (Wildman–Crippen MR) is 63.3 cm³/mol. The van der Waals surface area contributed by atoms with E-state index in [0.29, 0.717) is 16.1 Å². The van der Waals surface area contributed by atoms with E-state index in [2.05, 4.69) is 26.4 Å². The van der Waals surface area contributed by atoms with Gasteiger partial charge in [-0.3, -0.25) is 4.79 Å². The van der Waals surface area contributed by atoms with Crippen LogP contribution in [0.5, 0.6) is 0 Å². The highest BCUT2D eigenvalue weighted by atomic mass is 79.9. The second-order valence-corrected chi connectivity index (χ2v) is 4.26. The van der Waals surface area contributed by atoms with E-state index in [-0.39, 0.29) is 5.56 Å². The molecule has 1 aromatic heterocycles. The minimum atomic E-state index is -0.477. The Labute approximate surface area is 105 Å². The summed E-state index contributed by atoms with van der Waals surface area (Å²) in [6, 6.07) is 5.46. The molecule has 0 aliphatic carbocycles. The van der Waals surface area contributed by atoms with Crippen LogP contribution in [-0.2, 0) is 0 Å².